The Morgan fingerprint density at radius 3 is 2.22 bits per heavy atom. The minimum absolute atomic E-state index is 0.142. The maximum absolute atomic E-state index is 12.9. The maximum atomic E-state index is 12.9. The van der Waals surface area contributed by atoms with Gasteiger partial charge in [-0.25, -0.2) is 19.6 Å². The lowest BCUT2D eigenvalue weighted by atomic mass is 9.99. The zero-order valence-corrected chi connectivity index (χ0v) is 29.0. The second kappa shape index (κ2) is 11.9. The molecule has 0 unspecified atom stereocenters. The van der Waals surface area contributed by atoms with Gasteiger partial charge in [0.1, 0.15) is 17.0 Å². The predicted octanol–water partition coefficient (Wildman–Crippen LogP) is 8.02. The van der Waals surface area contributed by atoms with E-state index in [1.54, 1.807) is 31.9 Å². The van der Waals surface area contributed by atoms with E-state index in [4.69, 9.17) is 14.5 Å². The Hall–Kier alpha value is -4.90. The fraction of sp³-hybridized carbons (Fsp3) is 0.421. The molecule has 256 valence electrons. The second-order valence-corrected chi connectivity index (χ2v) is 15.2. The third-order valence-corrected chi connectivity index (χ3v) is 9.10. The first-order valence-corrected chi connectivity index (χ1v) is 17.0. The molecule has 2 amide bonds. The number of likely N-dealkylation sites (tertiary alicyclic amines) is 2. The standard InChI is InChI=1S/C38H44N6O5/c1-36(2,3)48-34(45)43-17-7-9-31(43)32-40-28-15-14-26(21-29(28)41-32)24-10-11-25-20-27(13-12-23(25)19-24)30-22-39-33(42-30)38(47)16-8-18-44(38)35(46)49-37(4,5)6/h10-15,19-22,31,47H,7-9,16-18H2,1-6H3,(H,39,42)(H,40,41)/t31-,38-/m0/s1. The maximum Gasteiger partial charge on any atom is 0.412 e. The average molecular weight is 665 g/mol. The molecule has 3 N–H and O–H groups in total. The lowest BCUT2D eigenvalue weighted by molar-refractivity contribution is -0.0945. The summed E-state index contributed by atoms with van der Waals surface area (Å²) in [6.07, 6.45) is 3.59. The van der Waals surface area contributed by atoms with E-state index < -0.39 is 23.0 Å². The molecule has 4 heterocycles. The van der Waals surface area contributed by atoms with Crippen LogP contribution >= 0.6 is 0 Å². The summed E-state index contributed by atoms with van der Waals surface area (Å²) in [5.41, 5.74) is 2.79. The monoisotopic (exact) mass is 664 g/mol. The molecule has 2 aliphatic rings. The molecule has 2 saturated heterocycles. The van der Waals surface area contributed by atoms with Crippen LogP contribution in [0.2, 0.25) is 0 Å². The lowest BCUT2D eigenvalue weighted by Gasteiger charge is -2.33. The van der Waals surface area contributed by atoms with Crippen LogP contribution in [0.1, 0.15) is 84.9 Å². The van der Waals surface area contributed by atoms with Gasteiger partial charge in [0.2, 0.25) is 5.72 Å². The molecular weight excluding hydrogens is 620 g/mol. The van der Waals surface area contributed by atoms with Gasteiger partial charge in [-0.05, 0) is 107 Å². The molecule has 5 aromatic rings. The number of aromatic amines is 2. The van der Waals surface area contributed by atoms with Crippen molar-refractivity contribution in [3.63, 3.8) is 0 Å². The zero-order chi connectivity index (χ0) is 34.7. The number of ether oxygens (including phenoxy) is 2. The van der Waals surface area contributed by atoms with Crippen molar-refractivity contribution in [2.75, 3.05) is 13.1 Å². The van der Waals surface area contributed by atoms with Crippen molar-refractivity contribution in [2.45, 2.75) is 90.2 Å². The molecule has 0 bridgehead atoms. The summed E-state index contributed by atoms with van der Waals surface area (Å²) in [6.45, 7) is 12.1. The van der Waals surface area contributed by atoms with Crippen molar-refractivity contribution >= 4 is 34.0 Å². The quantitative estimate of drug-likeness (QED) is 0.177. The number of fused-ring (bicyclic) bond motifs is 2. The highest BCUT2D eigenvalue weighted by atomic mass is 16.6. The molecule has 2 fully saturated rings. The van der Waals surface area contributed by atoms with E-state index in [1.807, 2.05) is 32.9 Å². The number of benzene rings is 3. The van der Waals surface area contributed by atoms with E-state index in [2.05, 4.69) is 57.4 Å². The molecule has 2 atom stereocenters. The zero-order valence-electron chi connectivity index (χ0n) is 29.0. The minimum Gasteiger partial charge on any atom is -0.444 e. The summed E-state index contributed by atoms with van der Waals surface area (Å²) in [7, 11) is 0. The van der Waals surface area contributed by atoms with Crippen molar-refractivity contribution in [3.05, 3.63) is 72.4 Å². The Morgan fingerprint density at radius 1 is 0.837 bits per heavy atom. The molecule has 0 radical (unpaired) electrons. The summed E-state index contributed by atoms with van der Waals surface area (Å²) in [5, 5.41) is 13.7. The van der Waals surface area contributed by atoms with E-state index in [1.165, 1.54) is 4.90 Å². The summed E-state index contributed by atoms with van der Waals surface area (Å²) in [4.78, 5) is 45.0. The minimum atomic E-state index is -1.56. The van der Waals surface area contributed by atoms with Gasteiger partial charge >= 0.3 is 12.2 Å². The molecule has 2 aliphatic heterocycles. The highest BCUT2D eigenvalue weighted by molar-refractivity contribution is 5.92. The summed E-state index contributed by atoms with van der Waals surface area (Å²) < 4.78 is 11.2. The number of rotatable bonds is 4. The van der Waals surface area contributed by atoms with Gasteiger partial charge in [-0.15, -0.1) is 0 Å². The van der Waals surface area contributed by atoms with Crippen LogP contribution in [0.3, 0.4) is 0 Å². The third kappa shape index (κ3) is 6.47. The number of H-pyrrole nitrogens is 2. The summed E-state index contributed by atoms with van der Waals surface area (Å²) in [6, 6.07) is 18.6. The first-order chi connectivity index (χ1) is 23.2. The van der Waals surface area contributed by atoms with E-state index in [-0.39, 0.29) is 12.1 Å². The second-order valence-electron chi connectivity index (χ2n) is 15.2. The number of nitrogens with one attached hydrogen (secondary N) is 2. The molecule has 11 nitrogen and oxygen atoms in total. The first-order valence-electron chi connectivity index (χ1n) is 17.0. The van der Waals surface area contributed by atoms with Crippen LogP contribution in [-0.4, -0.2) is 71.3 Å². The van der Waals surface area contributed by atoms with Gasteiger partial charge in [0.25, 0.3) is 0 Å². The number of nitrogens with zero attached hydrogens (tertiary/aromatic N) is 4. The van der Waals surface area contributed by atoms with Crippen molar-refractivity contribution in [1.29, 1.82) is 0 Å². The van der Waals surface area contributed by atoms with Crippen LogP contribution < -0.4 is 0 Å². The molecule has 11 heteroatoms. The van der Waals surface area contributed by atoms with E-state index in [0.717, 1.165) is 62.9 Å². The van der Waals surface area contributed by atoms with Crippen molar-refractivity contribution in [1.82, 2.24) is 29.7 Å². The van der Waals surface area contributed by atoms with Crippen LogP contribution in [0.5, 0.6) is 0 Å². The normalized spacial score (nSPS) is 20.0. The smallest absolute Gasteiger partial charge is 0.412 e. The molecule has 7 rings (SSSR count). The van der Waals surface area contributed by atoms with Crippen LogP contribution in [-0.2, 0) is 15.2 Å². The number of aromatic nitrogens is 4. The lowest BCUT2D eigenvalue weighted by Crippen LogP contribution is -2.47. The number of aliphatic hydroxyl groups is 1. The molecule has 0 spiro atoms. The average Bonchev–Trinajstić information content (AvgIpc) is 3.84. The third-order valence-electron chi connectivity index (χ3n) is 9.10. The Kier molecular flexibility index (Phi) is 7.93. The fourth-order valence-electron chi connectivity index (χ4n) is 6.83. The molecule has 2 aromatic heterocycles. The number of hydrogen-bond donors (Lipinski definition) is 3. The predicted molar refractivity (Wildman–Crippen MR) is 188 cm³/mol. The Morgan fingerprint density at radius 2 is 1.49 bits per heavy atom. The Labute approximate surface area is 285 Å². The largest absolute Gasteiger partial charge is 0.444 e. The number of hydrogen-bond acceptors (Lipinski definition) is 7. The molecule has 0 saturated carbocycles. The number of carbonyl (C=O) groups is 2. The van der Waals surface area contributed by atoms with Gasteiger partial charge in [0.05, 0.1) is 29.0 Å². The van der Waals surface area contributed by atoms with Gasteiger partial charge < -0.3 is 24.5 Å². The highest BCUT2D eigenvalue weighted by Gasteiger charge is 2.47. The van der Waals surface area contributed by atoms with Gasteiger partial charge in [0.15, 0.2) is 5.82 Å². The first kappa shape index (κ1) is 32.6. The van der Waals surface area contributed by atoms with Gasteiger partial charge in [-0.2, -0.15) is 0 Å². The van der Waals surface area contributed by atoms with Crippen molar-refractivity contribution in [2.24, 2.45) is 0 Å². The van der Waals surface area contributed by atoms with Crippen molar-refractivity contribution < 1.29 is 24.2 Å². The SMILES string of the molecule is CC(C)(C)OC(=O)N1CCC[C@H]1c1nc2ccc(-c3ccc4cc(-c5cnc([C@@]6(O)CCCN6C(=O)OC(C)(C)C)[nH]5)ccc4c3)cc2[nH]1. The van der Waals surface area contributed by atoms with Gasteiger partial charge in [0, 0.05) is 25.1 Å². The van der Waals surface area contributed by atoms with Crippen LogP contribution in [0.15, 0.2) is 60.8 Å². The molecule has 49 heavy (non-hydrogen) atoms. The summed E-state index contributed by atoms with van der Waals surface area (Å²) >= 11 is 0. The number of carbonyl (C=O) groups excluding carboxylic acids is 2. The number of amides is 2. The highest BCUT2D eigenvalue weighted by Crippen LogP contribution is 2.38. The van der Waals surface area contributed by atoms with Crippen molar-refractivity contribution in [3.8, 4) is 22.4 Å². The Balaban J connectivity index is 1.10. The van der Waals surface area contributed by atoms with Crippen LogP contribution in [0.4, 0.5) is 9.59 Å². The molecule has 3 aromatic carbocycles. The van der Waals surface area contributed by atoms with Crippen LogP contribution in [0.25, 0.3) is 44.2 Å². The molecule has 0 aliphatic carbocycles. The topological polar surface area (TPSA) is 137 Å². The number of imidazole rings is 2. The van der Waals surface area contributed by atoms with E-state index in [0.29, 0.717) is 31.8 Å². The summed E-state index contributed by atoms with van der Waals surface area (Å²) in [5.74, 6) is 1.10. The van der Waals surface area contributed by atoms with Gasteiger partial charge in [-0.3, -0.25) is 9.80 Å². The van der Waals surface area contributed by atoms with E-state index in [9.17, 15) is 14.7 Å². The van der Waals surface area contributed by atoms with E-state index >= 15 is 0 Å². The Bertz CT molecular complexity index is 2050. The van der Waals surface area contributed by atoms with Gasteiger partial charge in [-0.1, -0.05) is 30.3 Å². The fourth-order valence-corrected chi connectivity index (χ4v) is 6.83. The molecular formula is C38H44N6O5. The van der Waals surface area contributed by atoms with Crippen LogP contribution in [0, 0.1) is 0 Å².